The summed E-state index contributed by atoms with van der Waals surface area (Å²) in [5.41, 5.74) is 2.05. The third kappa shape index (κ3) is 8.48. The maximum absolute atomic E-state index is 11.7. The molecule has 2 aromatic carbocycles. The third-order valence-corrected chi connectivity index (χ3v) is 4.16. The van der Waals surface area contributed by atoms with Gasteiger partial charge in [-0.2, -0.15) is 0 Å². The van der Waals surface area contributed by atoms with E-state index in [-0.39, 0.29) is 36.5 Å². The first-order chi connectivity index (χ1) is 14.0. The molecule has 30 heavy (non-hydrogen) atoms. The van der Waals surface area contributed by atoms with E-state index < -0.39 is 0 Å². The Morgan fingerprint density at radius 1 is 1.10 bits per heavy atom. The Kier molecular flexibility index (Phi) is 11.7. The summed E-state index contributed by atoms with van der Waals surface area (Å²) in [6, 6.07) is 15.5. The van der Waals surface area contributed by atoms with Crippen LogP contribution < -0.4 is 20.1 Å². The summed E-state index contributed by atoms with van der Waals surface area (Å²) in [6.07, 6.45) is 0. The lowest BCUT2D eigenvalue weighted by atomic mass is 10.2. The monoisotopic (exact) mass is 526 g/mol. The van der Waals surface area contributed by atoms with Gasteiger partial charge in [0.05, 0.1) is 13.7 Å². The van der Waals surface area contributed by atoms with Crippen LogP contribution in [0.1, 0.15) is 18.1 Å². The predicted molar refractivity (Wildman–Crippen MR) is 131 cm³/mol. The van der Waals surface area contributed by atoms with Gasteiger partial charge in [0.1, 0.15) is 11.5 Å². The highest BCUT2D eigenvalue weighted by atomic mass is 127. The zero-order valence-electron chi connectivity index (χ0n) is 18.0. The summed E-state index contributed by atoms with van der Waals surface area (Å²) in [5, 5.41) is 6.57. The molecule has 0 aromatic heterocycles. The number of amides is 1. The van der Waals surface area contributed by atoms with E-state index in [2.05, 4.69) is 15.6 Å². The first kappa shape index (κ1) is 25.5. The Hall–Kier alpha value is -2.49. The number of likely N-dealkylation sites (N-methyl/N-ethyl adjacent to an activating group) is 1. The van der Waals surface area contributed by atoms with Crippen molar-refractivity contribution in [3.8, 4) is 11.5 Å². The van der Waals surface area contributed by atoms with Crippen LogP contribution in [0.25, 0.3) is 0 Å². The lowest BCUT2D eigenvalue weighted by Crippen LogP contribution is -2.36. The standard InChI is InChI=1S/C22H30N4O3.HI/c1-5-23-22(25-15-18-10-6-7-12-20(18)28-4)24-14-17-9-8-11-19(13-17)29-16-21(27)26(2)3;/h6-13H,5,14-16H2,1-4H3,(H2,23,24,25);1H. The number of carbonyl (C=O) groups is 1. The van der Waals surface area contributed by atoms with E-state index in [9.17, 15) is 4.79 Å². The highest BCUT2D eigenvalue weighted by Gasteiger charge is 2.06. The van der Waals surface area contributed by atoms with E-state index in [0.717, 1.165) is 23.4 Å². The molecule has 8 heteroatoms. The van der Waals surface area contributed by atoms with Crippen LogP contribution in [0.2, 0.25) is 0 Å². The largest absolute Gasteiger partial charge is 0.496 e. The number of hydrogen-bond donors (Lipinski definition) is 2. The van der Waals surface area contributed by atoms with Crippen molar-refractivity contribution in [2.24, 2.45) is 4.99 Å². The molecule has 164 valence electrons. The van der Waals surface area contributed by atoms with Crippen molar-refractivity contribution >= 4 is 35.8 Å². The van der Waals surface area contributed by atoms with E-state index in [0.29, 0.717) is 24.8 Å². The lowest BCUT2D eigenvalue weighted by molar-refractivity contribution is -0.130. The summed E-state index contributed by atoms with van der Waals surface area (Å²) in [7, 11) is 5.08. The minimum atomic E-state index is -0.0802. The molecule has 0 bridgehead atoms. The second-order valence-corrected chi connectivity index (χ2v) is 6.58. The van der Waals surface area contributed by atoms with Gasteiger partial charge in [0.15, 0.2) is 12.6 Å². The van der Waals surface area contributed by atoms with Crippen LogP contribution in [-0.2, 0) is 17.9 Å². The van der Waals surface area contributed by atoms with Gasteiger partial charge in [-0.3, -0.25) is 4.79 Å². The number of benzene rings is 2. The molecule has 0 aliphatic carbocycles. The first-order valence-corrected chi connectivity index (χ1v) is 9.59. The van der Waals surface area contributed by atoms with Crippen LogP contribution >= 0.6 is 24.0 Å². The Labute approximate surface area is 195 Å². The van der Waals surface area contributed by atoms with Crippen molar-refractivity contribution in [3.05, 3.63) is 59.7 Å². The van der Waals surface area contributed by atoms with E-state index in [1.165, 1.54) is 4.90 Å². The van der Waals surface area contributed by atoms with E-state index in [4.69, 9.17) is 9.47 Å². The Morgan fingerprint density at radius 3 is 2.57 bits per heavy atom. The molecule has 0 saturated heterocycles. The van der Waals surface area contributed by atoms with Crippen LogP contribution in [0.5, 0.6) is 11.5 Å². The summed E-state index contributed by atoms with van der Waals surface area (Å²) in [6.45, 7) is 3.89. The topological polar surface area (TPSA) is 75.2 Å². The number of carbonyl (C=O) groups excluding carboxylic acids is 1. The molecule has 0 radical (unpaired) electrons. The molecule has 0 spiro atoms. The lowest BCUT2D eigenvalue weighted by Gasteiger charge is -2.14. The number of nitrogens with zero attached hydrogens (tertiary/aromatic N) is 2. The average molecular weight is 526 g/mol. The fourth-order valence-corrected chi connectivity index (χ4v) is 2.55. The molecule has 0 aliphatic heterocycles. The molecular weight excluding hydrogens is 495 g/mol. The number of hydrogen-bond acceptors (Lipinski definition) is 4. The van der Waals surface area contributed by atoms with Gasteiger partial charge in [0.2, 0.25) is 0 Å². The highest BCUT2D eigenvalue weighted by molar-refractivity contribution is 14.0. The van der Waals surface area contributed by atoms with Crippen molar-refractivity contribution < 1.29 is 14.3 Å². The van der Waals surface area contributed by atoms with Crippen LogP contribution in [0.3, 0.4) is 0 Å². The van der Waals surface area contributed by atoms with Gasteiger partial charge in [-0.1, -0.05) is 30.3 Å². The second-order valence-electron chi connectivity index (χ2n) is 6.58. The van der Waals surface area contributed by atoms with Gasteiger partial charge in [0.25, 0.3) is 5.91 Å². The molecule has 0 atom stereocenters. The zero-order chi connectivity index (χ0) is 21.1. The summed E-state index contributed by atoms with van der Waals surface area (Å²) in [5.74, 6) is 2.13. The molecule has 2 aromatic rings. The molecule has 0 unspecified atom stereocenters. The summed E-state index contributed by atoms with van der Waals surface area (Å²) < 4.78 is 11.0. The number of nitrogens with one attached hydrogen (secondary N) is 2. The van der Waals surface area contributed by atoms with Gasteiger partial charge in [-0.15, -0.1) is 24.0 Å². The minimum absolute atomic E-state index is 0. The van der Waals surface area contributed by atoms with Crippen molar-refractivity contribution in [1.82, 2.24) is 15.5 Å². The first-order valence-electron chi connectivity index (χ1n) is 9.59. The maximum Gasteiger partial charge on any atom is 0.259 e. The smallest absolute Gasteiger partial charge is 0.259 e. The molecule has 2 N–H and O–H groups in total. The van der Waals surface area contributed by atoms with Crippen molar-refractivity contribution in [2.75, 3.05) is 34.4 Å². The van der Waals surface area contributed by atoms with Crippen molar-refractivity contribution in [2.45, 2.75) is 20.0 Å². The molecule has 1 amide bonds. The number of para-hydroxylation sites is 1. The van der Waals surface area contributed by atoms with Gasteiger partial charge >= 0.3 is 0 Å². The van der Waals surface area contributed by atoms with Crippen molar-refractivity contribution in [1.29, 1.82) is 0 Å². The van der Waals surface area contributed by atoms with E-state index in [1.807, 2.05) is 55.5 Å². The Balaban J connectivity index is 0.00000450. The average Bonchev–Trinajstić information content (AvgIpc) is 2.74. The molecule has 2 rings (SSSR count). The van der Waals surface area contributed by atoms with Crippen molar-refractivity contribution in [3.63, 3.8) is 0 Å². The fraction of sp³-hybridized carbons (Fsp3) is 0.364. The minimum Gasteiger partial charge on any atom is -0.496 e. The zero-order valence-corrected chi connectivity index (χ0v) is 20.3. The molecule has 0 aliphatic rings. The third-order valence-electron chi connectivity index (χ3n) is 4.16. The van der Waals surface area contributed by atoms with Crippen LogP contribution in [0.4, 0.5) is 0 Å². The van der Waals surface area contributed by atoms with Crippen LogP contribution in [0.15, 0.2) is 53.5 Å². The van der Waals surface area contributed by atoms with Gasteiger partial charge in [0, 0.05) is 32.7 Å². The van der Waals surface area contributed by atoms with Crippen LogP contribution in [0, 0.1) is 0 Å². The Bertz CT molecular complexity index is 828. The van der Waals surface area contributed by atoms with Gasteiger partial charge in [-0.25, -0.2) is 4.99 Å². The molecule has 7 nitrogen and oxygen atoms in total. The quantitative estimate of drug-likeness (QED) is 0.299. The predicted octanol–water partition coefficient (Wildman–Crippen LogP) is 3.04. The fourth-order valence-electron chi connectivity index (χ4n) is 2.55. The number of guanidine groups is 1. The number of ether oxygens (including phenoxy) is 2. The van der Waals surface area contributed by atoms with E-state index >= 15 is 0 Å². The SMILES string of the molecule is CCNC(=NCc1cccc(OCC(=O)N(C)C)c1)NCc1ccccc1OC.I. The number of aliphatic imine (C=N–C) groups is 1. The summed E-state index contributed by atoms with van der Waals surface area (Å²) in [4.78, 5) is 17.8. The number of methoxy groups -OCH3 is 1. The molecule has 0 heterocycles. The second kappa shape index (κ2) is 13.7. The molecule has 0 saturated carbocycles. The highest BCUT2D eigenvalue weighted by Crippen LogP contribution is 2.17. The van der Waals surface area contributed by atoms with Gasteiger partial charge < -0.3 is 25.0 Å². The van der Waals surface area contributed by atoms with Gasteiger partial charge in [-0.05, 0) is 30.7 Å². The normalized spacial score (nSPS) is 10.6. The van der Waals surface area contributed by atoms with Crippen LogP contribution in [-0.4, -0.2) is 51.1 Å². The number of rotatable bonds is 9. The Morgan fingerprint density at radius 2 is 1.87 bits per heavy atom. The maximum atomic E-state index is 11.7. The molecular formula is C22H31IN4O3. The summed E-state index contributed by atoms with van der Waals surface area (Å²) >= 11 is 0. The van der Waals surface area contributed by atoms with E-state index in [1.54, 1.807) is 21.2 Å². The molecule has 0 fully saturated rings. The number of halogens is 1.